The van der Waals surface area contributed by atoms with Crippen molar-refractivity contribution >= 4 is 17.5 Å². The second-order valence-corrected chi connectivity index (χ2v) is 7.38. The molecular weight excluding hydrogens is 290 g/mol. The summed E-state index contributed by atoms with van der Waals surface area (Å²) in [4.78, 5) is 24.0. The Kier molecular flexibility index (Phi) is 5.42. The molecule has 1 aliphatic carbocycles. The summed E-state index contributed by atoms with van der Waals surface area (Å²) in [5, 5.41) is 5.80. The first-order valence-electron chi connectivity index (χ1n) is 8.20. The molecule has 1 fully saturated rings. The molecule has 0 radical (unpaired) electrons. The SMILES string of the molecule is CC(C)(C)[C@H](N)C(=O)NCc1cccc(NC(=O)C2CCC2)c1. The van der Waals surface area contributed by atoms with E-state index in [4.69, 9.17) is 5.73 Å². The standard InChI is InChI=1S/C18H27N3O2/c1-18(2,3)15(19)17(23)20-11-12-6-4-9-14(10-12)21-16(22)13-7-5-8-13/h4,6,9-10,13,15H,5,7-8,11,19H2,1-3H3,(H,20,23)(H,21,22)/t15-/m1/s1. The lowest BCUT2D eigenvalue weighted by atomic mass is 9.85. The molecule has 126 valence electrons. The first-order valence-corrected chi connectivity index (χ1v) is 8.20. The molecule has 23 heavy (non-hydrogen) atoms. The van der Waals surface area contributed by atoms with Crippen molar-refractivity contribution in [1.82, 2.24) is 5.32 Å². The van der Waals surface area contributed by atoms with Crippen LogP contribution in [-0.4, -0.2) is 17.9 Å². The van der Waals surface area contributed by atoms with E-state index >= 15 is 0 Å². The molecule has 0 heterocycles. The molecular formula is C18H27N3O2. The van der Waals surface area contributed by atoms with Gasteiger partial charge in [-0.15, -0.1) is 0 Å². The van der Waals surface area contributed by atoms with Gasteiger partial charge in [0.05, 0.1) is 6.04 Å². The van der Waals surface area contributed by atoms with Gasteiger partial charge < -0.3 is 16.4 Å². The fourth-order valence-corrected chi connectivity index (χ4v) is 2.37. The number of nitrogens with one attached hydrogen (secondary N) is 2. The Labute approximate surface area is 138 Å². The highest BCUT2D eigenvalue weighted by atomic mass is 16.2. The zero-order valence-corrected chi connectivity index (χ0v) is 14.2. The topological polar surface area (TPSA) is 84.2 Å². The van der Waals surface area contributed by atoms with Crippen LogP contribution in [0, 0.1) is 11.3 Å². The summed E-state index contributed by atoms with van der Waals surface area (Å²) in [6, 6.07) is 7.00. The highest BCUT2D eigenvalue weighted by molar-refractivity contribution is 5.93. The Balaban J connectivity index is 1.89. The summed E-state index contributed by atoms with van der Waals surface area (Å²) < 4.78 is 0. The monoisotopic (exact) mass is 317 g/mol. The maximum atomic E-state index is 12.1. The molecule has 0 unspecified atom stereocenters. The molecule has 2 amide bonds. The summed E-state index contributed by atoms with van der Waals surface area (Å²) in [5.74, 6) is 0.0803. The highest BCUT2D eigenvalue weighted by Crippen LogP contribution is 2.27. The molecule has 0 bridgehead atoms. The van der Waals surface area contributed by atoms with Crippen molar-refractivity contribution in [1.29, 1.82) is 0 Å². The third kappa shape index (κ3) is 4.79. The summed E-state index contributed by atoms with van der Waals surface area (Å²) in [5.41, 5.74) is 7.37. The maximum absolute atomic E-state index is 12.1. The Morgan fingerprint density at radius 3 is 2.57 bits per heavy atom. The Morgan fingerprint density at radius 1 is 1.30 bits per heavy atom. The number of hydrogen-bond acceptors (Lipinski definition) is 3. The van der Waals surface area contributed by atoms with E-state index in [0.717, 1.165) is 30.5 Å². The minimum absolute atomic E-state index is 0.0900. The molecule has 1 aliphatic rings. The lowest BCUT2D eigenvalue weighted by Gasteiger charge is -2.26. The van der Waals surface area contributed by atoms with Crippen LogP contribution < -0.4 is 16.4 Å². The van der Waals surface area contributed by atoms with Crippen LogP contribution in [-0.2, 0) is 16.1 Å². The van der Waals surface area contributed by atoms with Crippen LogP contribution in [0.2, 0.25) is 0 Å². The number of benzene rings is 1. The normalized spacial score (nSPS) is 16.3. The van der Waals surface area contributed by atoms with Crippen molar-refractivity contribution in [3.05, 3.63) is 29.8 Å². The largest absolute Gasteiger partial charge is 0.351 e. The van der Waals surface area contributed by atoms with Gasteiger partial charge in [0.15, 0.2) is 0 Å². The molecule has 0 saturated heterocycles. The average Bonchev–Trinajstić information content (AvgIpc) is 2.41. The Morgan fingerprint density at radius 2 is 2.00 bits per heavy atom. The molecule has 5 nitrogen and oxygen atoms in total. The van der Waals surface area contributed by atoms with Crippen LogP contribution in [0.1, 0.15) is 45.6 Å². The van der Waals surface area contributed by atoms with Crippen LogP contribution in [0.3, 0.4) is 0 Å². The summed E-state index contributed by atoms with van der Waals surface area (Å²) >= 11 is 0. The molecule has 4 N–H and O–H groups in total. The second kappa shape index (κ2) is 7.13. The van der Waals surface area contributed by atoms with Crippen LogP contribution in [0.25, 0.3) is 0 Å². The van der Waals surface area contributed by atoms with Gasteiger partial charge in [0, 0.05) is 18.2 Å². The maximum Gasteiger partial charge on any atom is 0.237 e. The predicted octanol–water partition coefficient (Wildman–Crippen LogP) is 2.41. The van der Waals surface area contributed by atoms with Gasteiger partial charge in [-0.1, -0.05) is 39.3 Å². The number of anilines is 1. The number of amides is 2. The minimum atomic E-state index is -0.552. The fraction of sp³-hybridized carbons (Fsp3) is 0.556. The smallest absolute Gasteiger partial charge is 0.237 e. The third-order valence-electron chi connectivity index (χ3n) is 4.35. The molecule has 0 aliphatic heterocycles. The molecule has 5 heteroatoms. The Bertz CT molecular complexity index is 574. The molecule has 0 spiro atoms. The van der Waals surface area contributed by atoms with E-state index in [1.54, 1.807) is 0 Å². The van der Waals surface area contributed by atoms with E-state index in [9.17, 15) is 9.59 Å². The molecule has 1 aromatic carbocycles. The van der Waals surface area contributed by atoms with E-state index in [0.29, 0.717) is 6.54 Å². The number of hydrogen-bond donors (Lipinski definition) is 3. The number of carbonyl (C=O) groups is 2. The molecule has 1 saturated carbocycles. The van der Waals surface area contributed by atoms with Gasteiger partial charge in [-0.3, -0.25) is 9.59 Å². The van der Waals surface area contributed by atoms with E-state index in [1.165, 1.54) is 0 Å². The first-order chi connectivity index (χ1) is 10.8. The van der Waals surface area contributed by atoms with Gasteiger partial charge in [-0.25, -0.2) is 0 Å². The minimum Gasteiger partial charge on any atom is -0.351 e. The van der Waals surface area contributed by atoms with Crippen molar-refractivity contribution in [2.75, 3.05) is 5.32 Å². The Hall–Kier alpha value is -1.88. The van der Waals surface area contributed by atoms with Gasteiger partial charge in [0.25, 0.3) is 0 Å². The van der Waals surface area contributed by atoms with E-state index in [-0.39, 0.29) is 23.1 Å². The molecule has 1 atom stereocenters. The van der Waals surface area contributed by atoms with E-state index < -0.39 is 6.04 Å². The van der Waals surface area contributed by atoms with Crippen molar-refractivity contribution in [2.24, 2.45) is 17.1 Å². The fourth-order valence-electron chi connectivity index (χ4n) is 2.37. The summed E-state index contributed by atoms with van der Waals surface area (Å²) in [7, 11) is 0. The van der Waals surface area contributed by atoms with Crippen LogP contribution >= 0.6 is 0 Å². The summed E-state index contributed by atoms with van der Waals surface area (Å²) in [6.07, 6.45) is 3.09. The lowest BCUT2D eigenvalue weighted by Crippen LogP contribution is -2.48. The predicted molar refractivity (Wildman–Crippen MR) is 91.7 cm³/mol. The van der Waals surface area contributed by atoms with Gasteiger partial charge in [0.2, 0.25) is 11.8 Å². The quantitative estimate of drug-likeness (QED) is 0.779. The van der Waals surface area contributed by atoms with Crippen molar-refractivity contribution < 1.29 is 9.59 Å². The third-order valence-corrected chi connectivity index (χ3v) is 4.35. The highest BCUT2D eigenvalue weighted by Gasteiger charge is 2.27. The van der Waals surface area contributed by atoms with E-state index in [2.05, 4.69) is 10.6 Å². The van der Waals surface area contributed by atoms with Gasteiger partial charge >= 0.3 is 0 Å². The lowest BCUT2D eigenvalue weighted by molar-refractivity contribution is -0.124. The zero-order valence-electron chi connectivity index (χ0n) is 14.2. The number of carbonyl (C=O) groups excluding carboxylic acids is 2. The van der Waals surface area contributed by atoms with E-state index in [1.807, 2.05) is 45.0 Å². The first kappa shape index (κ1) is 17.5. The van der Waals surface area contributed by atoms with Crippen LogP contribution in [0.15, 0.2) is 24.3 Å². The second-order valence-electron chi connectivity index (χ2n) is 7.38. The molecule has 0 aromatic heterocycles. The van der Waals surface area contributed by atoms with Gasteiger partial charge in [-0.2, -0.15) is 0 Å². The van der Waals surface area contributed by atoms with Crippen molar-refractivity contribution in [3.63, 3.8) is 0 Å². The molecule has 1 aromatic rings. The zero-order chi connectivity index (χ0) is 17.0. The van der Waals surface area contributed by atoms with Gasteiger partial charge in [0.1, 0.15) is 0 Å². The van der Waals surface area contributed by atoms with Crippen LogP contribution in [0.4, 0.5) is 5.69 Å². The van der Waals surface area contributed by atoms with Gasteiger partial charge in [-0.05, 0) is 36.0 Å². The van der Waals surface area contributed by atoms with Crippen LogP contribution in [0.5, 0.6) is 0 Å². The molecule has 2 rings (SSSR count). The summed E-state index contributed by atoms with van der Waals surface area (Å²) in [6.45, 7) is 6.21. The average molecular weight is 317 g/mol. The number of nitrogens with two attached hydrogens (primary N) is 1. The number of rotatable bonds is 5. The van der Waals surface area contributed by atoms with Crippen molar-refractivity contribution in [3.8, 4) is 0 Å². The van der Waals surface area contributed by atoms with Crippen molar-refractivity contribution in [2.45, 2.75) is 52.6 Å².